The van der Waals surface area contributed by atoms with E-state index in [0.717, 1.165) is 33.4 Å². The lowest BCUT2D eigenvalue weighted by Crippen LogP contribution is -2.29. The van der Waals surface area contributed by atoms with E-state index in [2.05, 4.69) is 48.4 Å². The highest BCUT2D eigenvalue weighted by Crippen LogP contribution is 2.55. The number of hydrogen-bond donors (Lipinski definition) is 2. The third-order valence-corrected chi connectivity index (χ3v) is 6.05. The number of fused-ring (bicyclic) bond motifs is 1. The number of aliphatic hydroxyl groups is 2. The van der Waals surface area contributed by atoms with Crippen molar-refractivity contribution in [1.29, 1.82) is 0 Å². The highest BCUT2D eigenvalue weighted by Gasteiger charge is 2.46. The van der Waals surface area contributed by atoms with Crippen molar-refractivity contribution >= 4 is 5.57 Å². The molecular formula is C30H28O4. The van der Waals surface area contributed by atoms with Gasteiger partial charge in [0.1, 0.15) is 24.7 Å². The van der Waals surface area contributed by atoms with Crippen molar-refractivity contribution in [2.24, 2.45) is 0 Å². The topological polar surface area (TPSA) is 58.9 Å². The molecule has 4 rings (SSSR count). The van der Waals surface area contributed by atoms with Gasteiger partial charge in [0.15, 0.2) is 0 Å². The minimum Gasteiger partial charge on any atom is -0.491 e. The van der Waals surface area contributed by atoms with Crippen LogP contribution in [0.5, 0.6) is 11.5 Å². The number of aliphatic hydroxyl groups excluding tert-OH is 2. The lowest BCUT2D eigenvalue weighted by molar-refractivity contribution is 0.201. The summed E-state index contributed by atoms with van der Waals surface area (Å²) >= 11 is 0. The van der Waals surface area contributed by atoms with Crippen molar-refractivity contribution in [2.75, 3.05) is 26.4 Å². The molecule has 0 bridgehead atoms. The van der Waals surface area contributed by atoms with Crippen LogP contribution in [0.4, 0.5) is 0 Å². The van der Waals surface area contributed by atoms with E-state index in [1.165, 1.54) is 0 Å². The van der Waals surface area contributed by atoms with Gasteiger partial charge >= 0.3 is 0 Å². The predicted octanol–water partition coefficient (Wildman–Crippen LogP) is 4.74. The molecule has 2 N–H and O–H groups in total. The predicted molar refractivity (Wildman–Crippen MR) is 135 cm³/mol. The summed E-state index contributed by atoms with van der Waals surface area (Å²) < 4.78 is 11.2. The molecule has 3 aromatic carbocycles. The third-order valence-electron chi connectivity index (χ3n) is 6.05. The van der Waals surface area contributed by atoms with Gasteiger partial charge in [0.25, 0.3) is 0 Å². The van der Waals surface area contributed by atoms with Gasteiger partial charge in [-0.3, -0.25) is 0 Å². The van der Waals surface area contributed by atoms with Crippen LogP contribution in [0.3, 0.4) is 0 Å². The molecule has 0 heterocycles. The lowest BCUT2D eigenvalue weighted by atomic mass is 9.66. The molecule has 0 atom stereocenters. The summed E-state index contributed by atoms with van der Waals surface area (Å²) in [6.45, 7) is 2.40. The van der Waals surface area contributed by atoms with Gasteiger partial charge in [0.05, 0.1) is 18.6 Å². The Morgan fingerprint density at radius 3 is 1.82 bits per heavy atom. The van der Waals surface area contributed by atoms with Crippen molar-refractivity contribution in [3.8, 4) is 23.8 Å². The zero-order valence-corrected chi connectivity index (χ0v) is 19.2. The molecule has 3 aromatic rings. The first kappa shape index (κ1) is 23.4. The van der Waals surface area contributed by atoms with E-state index in [-0.39, 0.29) is 26.4 Å². The Hall–Kier alpha value is -3.78. The number of allylic oxidation sites excluding steroid dienone is 4. The largest absolute Gasteiger partial charge is 0.491 e. The molecule has 1 aliphatic rings. The van der Waals surface area contributed by atoms with Crippen LogP contribution in [-0.4, -0.2) is 36.6 Å². The summed E-state index contributed by atoms with van der Waals surface area (Å²) in [7, 11) is 0. The maximum atomic E-state index is 9.10. The summed E-state index contributed by atoms with van der Waals surface area (Å²) in [5.74, 6) is 4.34. The fraction of sp³-hybridized carbons (Fsp3) is 0.200. The maximum absolute atomic E-state index is 9.10. The van der Waals surface area contributed by atoms with Gasteiger partial charge in [-0.25, -0.2) is 0 Å². The minimum atomic E-state index is -0.629. The Morgan fingerprint density at radius 2 is 1.35 bits per heavy atom. The quantitative estimate of drug-likeness (QED) is 0.461. The van der Waals surface area contributed by atoms with E-state index in [0.29, 0.717) is 11.5 Å². The van der Waals surface area contributed by atoms with Crippen molar-refractivity contribution in [3.63, 3.8) is 0 Å². The first-order chi connectivity index (χ1) is 16.7. The molecule has 0 amide bonds. The Kier molecular flexibility index (Phi) is 7.18. The summed E-state index contributed by atoms with van der Waals surface area (Å²) in [5.41, 5.74) is 5.54. The molecule has 0 saturated heterocycles. The van der Waals surface area contributed by atoms with Crippen LogP contribution in [-0.2, 0) is 5.41 Å². The standard InChI is InChI=1S/C30H28O4/c1-3-7-28-26(4-2)27-8-5-6-9-29(27)30(28,22-10-14-24(15-11-22)33-20-18-31)23-12-16-25(17-13-23)34-21-19-32/h2-3,5-17,31-32H,18-21H2,1H3/b7-3-. The van der Waals surface area contributed by atoms with Gasteiger partial charge < -0.3 is 19.7 Å². The van der Waals surface area contributed by atoms with E-state index in [1.807, 2.05) is 49.4 Å². The molecular weight excluding hydrogens is 424 g/mol. The lowest BCUT2D eigenvalue weighted by Gasteiger charge is -2.35. The smallest absolute Gasteiger partial charge is 0.119 e. The van der Waals surface area contributed by atoms with Gasteiger partial charge in [-0.2, -0.15) is 0 Å². The summed E-state index contributed by atoms with van der Waals surface area (Å²) in [6, 6.07) is 24.2. The molecule has 4 heteroatoms. The first-order valence-electron chi connectivity index (χ1n) is 11.3. The SMILES string of the molecule is C#CC1=C(/C=C\C)C(c2ccc(OCCO)cc2)(c2ccc(OCCO)cc2)c2ccccc21. The normalized spacial score (nSPS) is 14.2. The Morgan fingerprint density at radius 1 is 0.824 bits per heavy atom. The number of ether oxygens (including phenoxy) is 2. The molecule has 0 saturated carbocycles. The number of hydrogen-bond acceptors (Lipinski definition) is 4. The third kappa shape index (κ3) is 4.01. The van der Waals surface area contributed by atoms with Crippen molar-refractivity contribution in [2.45, 2.75) is 12.3 Å². The van der Waals surface area contributed by atoms with Gasteiger partial charge in [0.2, 0.25) is 0 Å². The minimum absolute atomic E-state index is 0.0382. The molecule has 1 aliphatic carbocycles. The van der Waals surface area contributed by atoms with Crippen LogP contribution in [0.1, 0.15) is 29.2 Å². The van der Waals surface area contributed by atoms with E-state index in [1.54, 1.807) is 0 Å². The van der Waals surface area contributed by atoms with Crippen LogP contribution in [0.15, 0.2) is 90.5 Å². The fourth-order valence-corrected chi connectivity index (χ4v) is 4.75. The van der Waals surface area contributed by atoms with Gasteiger partial charge in [-0.15, -0.1) is 6.42 Å². The summed E-state index contributed by atoms with van der Waals surface area (Å²) in [5, 5.41) is 18.2. The zero-order valence-electron chi connectivity index (χ0n) is 19.2. The molecule has 0 spiro atoms. The van der Waals surface area contributed by atoms with Crippen LogP contribution in [0.2, 0.25) is 0 Å². The fourth-order valence-electron chi connectivity index (χ4n) is 4.75. The number of benzene rings is 3. The molecule has 172 valence electrons. The van der Waals surface area contributed by atoms with Crippen LogP contribution in [0, 0.1) is 12.3 Å². The summed E-state index contributed by atoms with van der Waals surface area (Å²) in [4.78, 5) is 0. The van der Waals surface area contributed by atoms with Crippen LogP contribution >= 0.6 is 0 Å². The monoisotopic (exact) mass is 452 g/mol. The molecule has 0 radical (unpaired) electrons. The van der Waals surface area contributed by atoms with Crippen molar-refractivity contribution in [3.05, 3.63) is 113 Å². The zero-order chi connectivity index (χ0) is 24.0. The van der Waals surface area contributed by atoms with E-state index < -0.39 is 5.41 Å². The average molecular weight is 453 g/mol. The second-order valence-electron chi connectivity index (χ2n) is 7.92. The number of rotatable bonds is 9. The van der Waals surface area contributed by atoms with E-state index in [9.17, 15) is 0 Å². The highest BCUT2D eigenvalue weighted by molar-refractivity contribution is 5.94. The molecule has 0 unspecified atom stereocenters. The van der Waals surface area contributed by atoms with Gasteiger partial charge in [0, 0.05) is 5.57 Å². The molecule has 34 heavy (non-hydrogen) atoms. The number of terminal acetylenes is 1. The second-order valence-corrected chi connectivity index (χ2v) is 7.92. The second kappa shape index (κ2) is 10.4. The van der Waals surface area contributed by atoms with Crippen LogP contribution < -0.4 is 9.47 Å². The van der Waals surface area contributed by atoms with Gasteiger partial charge in [-0.05, 0) is 59.0 Å². The Labute approximate surface area is 200 Å². The molecule has 0 aromatic heterocycles. The Bertz CT molecular complexity index is 1180. The van der Waals surface area contributed by atoms with E-state index in [4.69, 9.17) is 26.1 Å². The van der Waals surface area contributed by atoms with Gasteiger partial charge in [-0.1, -0.05) is 66.6 Å². The molecule has 4 nitrogen and oxygen atoms in total. The highest BCUT2D eigenvalue weighted by atomic mass is 16.5. The Balaban J connectivity index is 1.97. The summed E-state index contributed by atoms with van der Waals surface area (Å²) in [6.07, 6.45) is 10.2. The maximum Gasteiger partial charge on any atom is 0.119 e. The van der Waals surface area contributed by atoms with Crippen LogP contribution in [0.25, 0.3) is 5.57 Å². The average Bonchev–Trinajstić information content (AvgIpc) is 3.17. The molecule has 0 aliphatic heterocycles. The first-order valence-corrected chi connectivity index (χ1v) is 11.3. The van der Waals surface area contributed by atoms with Crippen molar-refractivity contribution in [1.82, 2.24) is 0 Å². The molecule has 0 fully saturated rings. The van der Waals surface area contributed by atoms with E-state index >= 15 is 0 Å². The van der Waals surface area contributed by atoms with Crippen molar-refractivity contribution < 1.29 is 19.7 Å².